The highest BCUT2D eigenvalue weighted by Gasteiger charge is 2.25. The zero-order chi connectivity index (χ0) is 15.1. The van der Waals surface area contributed by atoms with E-state index < -0.39 is 5.97 Å². The molecule has 1 aromatic carbocycles. The number of likely N-dealkylation sites (N-methyl/N-ethyl adjacent to an activating group) is 1. The van der Waals surface area contributed by atoms with Crippen LogP contribution in [-0.2, 0) is 4.79 Å². The first-order valence-electron chi connectivity index (χ1n) is 6.22. The predicted molar refractivity (Wildman–Crippen MR) is 72.5 cm³/mol. The van der Waals surface area contributed by atoms with Crippen LogP contribution in [0.15, 0.2) is 22.7 Å². The maximum absolute atomic E-state index is 11.7. The summed E-state index contributed by atoms with van der Waals surface area (Å²) < 4.78 is 10.3. The summed E-state index contributed by atoms with van der Waals surface area (Å²) >= 11 is 0. The molecule has 7 heteroatoms. The minimum Gasteiger partial charge on any atom is -0.482 e. The van der Waals surface area contributed by atoms with E-state index in [1.165, 1.54) is 11.8 Å². The zero-order valence-corrected chi connectivity index (χ0v) is 11.4. The Morgan fingerprint density at radius 3 is 2.90 bits per heavy atom. The van der Waals surface area contributed by atoms with E-state index in [1.54, 1.807) is 25.2 Å². The fourth-order valence-corrected chi connectivity index (χ4v) is 2.24. The highest BCUT2D eigenvalue weighted by atomic mass is 16.5. The fourth-order valence-electron chi connectivity index (χ4n) is 2.24. The number of amides is 1. The Labute approximate surface area is 119 Å². The molecular weight excluding hydrogens is 276 g/mol. The van der Waals surface area contributed by atoms with Crippen molar-refractivity contribution >= 4 is 17.6 Å². The second kappa shape index (κ2) is 4.62. The van der Waals surface area contributed by atoms with Crippen LogP contribution in [0.4, 0.5) is 5.69 Å². The summed E-state index contributed by atoms with van der Waals surface area (Å²) in [6.07, 6.45) is 0. The van der Waals surface area contributed by atoms with Crippen LogP contribution in [0.5, 0.6) is 5.75 Å². The number of carbonyl (C=O) groups excluding carboxylic acids is 1. The standard InChI is InChI=1S/C14H12N2O5/c1-7-12(14(18)19)13(15-21-7)8-3-4-10-9(5-8)16(2)11(17)6-20-10/h3-5H,6H2,1-2H3,(H,18,19). The van der Waals surface area contributed by atoms with E-state index in [0.29, 0.717) is 17.0 Å². The van der Waals surface area contributed by atoms with Crippen molar-refractivity contribution in [3.63, 3.8) is 0 Å². The molecule has 108 valence electrons. The number of benzene rings is 1. The lowest BCUT2D eigenvalue weighted by Gasteiger charge is -2.26. The number of nitrogens with zero attached hydrogens (tertiary/aromatic N) is 2. The van der Waals surface area contributed by atoms with Crippen LogP contribution in [0.3, 0.4) is 0 Å². The van der Waals surface area contributed by atoms with Gasteiger partial charge in [-0.3, -0.25) is 4.79 Å². The van der Waals surface area contributed by atoms with Gasteiger partial charge in [0.15, 0.2) is 6.61 Å². The molecule has 1 amide bonds. The molecule has 1 N–H and O–H groups in total. The number of aromatic carboxylic acids is 1. The Balaban J connectivity index is 2.13. The number of carboxylic acid groups (broad SMARTS) is 1. The first kappa shape index (κ1) is 13.2. The van der Waals surface area contributed by atoms with E-state index in [2.05, 4.69) is 5.16 Å². The lowest BCUT2D eigenvalue weighted by Crippen LogP contribution is -2.35. The molecule has 21 heavy (non-hydrogen) atoms. The maximum Gasteiger partial charge on any atom is 0.341 e. The SMILES string of the molecule is Cc1onc(-c2ccc3c(c2)N(C)C(=O)CO3)c1C(=O)O. The van der Waals surface area contributed by atoms with Gasteiger partial charge in [0.25, 0.3) is 5.91 Å². The number of rotatable bonds is 2. The molecule has 0 saturated carbocycles. The third-order valence-corrected chi connectivity index (χ3v) is 3.40. The van der Waals surface area contributed by atoms with E-state index >= 15 is 0 Å². The van der Waals surface area contributed by atoms with Crippen molar-refractivity contribution in [1.29, 1.82) is 0 Å². The fraction of sp³-hybridized carbons (Fsp3) is 0.214. The summed E-state index contributed by atoms with van der Waals surface area (Å²) in [6, 6.07) is 5.03. The van der Waals surface area contributed by atoms with Crippen LogP contribution >= 0.6 is 0 Å². The number of hydrogen-bond donors (Lipinski definition) is 1. The largest absolute Gasteiger partial charge is 0.482 e. The van der Waals surface area contributed by atoms with Gasteiger partial charge in [-0.2, -0.15) is 0 Å². The normalized spacial score (nSPS) is 13.8. The number of carboxylic acids is 1. The highest BCUT2D eigenvalue weighted by Crippen LogP contribution is 2.36. The van der Waals surface area contributed by atoms with Crippen molar-refractivity contribution in [2.24, 2.45) is 0 Å². The quantitative estimate of drug-likeness (QED) is 0.904. The Hall–Kier alpha value is -2.83. The summed E-state index contributed by atoms with van der Waals surface area (Å²) in [4.78, 5) is 24.4. The van der Waals surface area contributed by atoms with Gasteiger partial charge in [0.05, 0.1) is 5.69 Å². The van der Waals surface area contributed by atoms with Gasteiger partial charge in [0, 0.05) is 12.6 Å². The summed E-state index contributed by atoms with van der Waals surface area (Å²) in [7, 11) is 1.64. The monoisotopic (exact) mass is 288 g/mol. The molecule has 0 radical (unpaired) electrons. The van der Waals surface area contributed by atoms with Crippen LogP contribution in [0.2, 0.25) is 0 Å². The number of carbonyl (C=O) groups is 2. The molecule has 0 bridgehead atoms. The summed E-state index contributed by atoms with van der Waals surface area (Å²) in [5.41, 5.74) is 1.36. The molecule has 3 rings (SSSR count). The third kappa shape index (κ3) is 2.03. The first-order chi connectivity index (χ1) is 9.99. The van der Waals surface area contributed by atoms with Gasteiger partial charge in [0.1, 0.15) is 22.8 Å². The predicted octanol–water partition coefficient (Wildman–Crippen LogP) is 1.70. The van der Waals surface area contributed by atoms with Crippen LogP contribution in [0.25, 0.3) is 11.3 Å². The van der Waals surface area contributed by atoms with E-state index in [0.717, 1.165) is 0 Å². The van der Waals surface area contributed by atoms with E-state index in [-0.39, 0.29) is 29.5 Å². The Morgan fingerprint density at radius 1 is 1.43 bits per heavy atom. The molecule has 0 aliphatic carbocycles. The van der Waals surface area contributed by atoms with Gasteiger partial charge in [-0.15, -0.1) is 0 Å². The first-order valence-corrected chi connectivity index (χ1v) is 6.22. The average molecular weight is 288 g/mol. The summed E-state index contributed by atoms with van der Waals surface area (Å²) in [5.74, 6) is -0.481. The lowest BCUT2D eigenvalue weighted by atomic mass is 10.0. The molecule has 0 saturated heterocycles. The minimum atomic E-state index is -1.11. The van der Waals surface area contributed by atoms with E-state index in [4.69, 9.17) is 9.26 Å². The van der Waals surface area contributed by atoms with Gasteiger partial charge >= 0.3 is 5.97 Å². The number of aromatic nitrogens is 1. The number of fused-ring (bicyclic) bond motifs is 1. The molecule has 0 atom stereocenters. The number of ether oxygens (including phenoxy) is 1. The van der Waals surface area contributed by atoms with E-state index in [9.17, 15) is 14.7 Å². The van der Waals surface area contributed by atoms with Crippen LogP contribution < -0.4 is 9.64 Å². The van der Waals surface area contributed by atoms with Crippen molar-refractivity contribution in [3.8, 4) is 17.0 Å². The van der Waals surface area contributed by atoms with Gasteiger partial charge in [-0.25, -0.2) is 4.79 Å². The second-order valence-electron chi connectivity index (χ2n) is 4.69. The summed E-state index contributed by atoms with van der Waals surface area (Å²) in [6.45, 7) is 1.53. The van der Waals surface area contributed by atoms with Gasteiger partial charge in [-0.05, 0) is 25.1 Å². The van der Waals surface area contributed by atoms with Crippen molar-refractivity contribution in [2.75, 3.05) is 18.6 Å². The summed E-state index contributed by atoms with van der Waals surface area (Å²) in [5, 5.41) is 13.0. The number of hydrogen-bond acceptors (Lipinski definition) is 5. The van der Waals surface area contributed by atoms with Crippen LogP contribution in [-0.4, -0.2) is 35.8 Å². The molecule has 0 unspecified atom stereocenters. The molecule has 7 nitrogen and oxygen atoms in total. The molecule has 1 aromatic heterocycles. The Bertz CT molecular complexity index is 750. The van der Waals surface area contributed by atoms with Crippen molar-refractivity contribution < 1.29 is 24.0 Å². The molecule has 1 aliphatic heterocycles. The maximum atomic E-state index is 11.7. The van der Waals surface area contributed by atoms with Crippen molar-refractivity contribution in [3.05, 3.63) is 29.5 Å². The second-order valence-corrected chi connectivity index (χ2v) is 4.69. The van der Waals surface area contributed by atoms with Crippen molar-refractivity contribution in [1.82, 2.24) is 5.16 Å². The molecule has 0 spiro atoms. The number of aryl methyl sites for hydroxylation is 1. The van der Waals surface area contributed by atoms with Gasteiger partial charge < -0.3 is 19.3 Å². The van der Waals surface area contributed by atoms with E-state index in [1.807, 2.05) is 0 Å². The smallest absolute Gasteiger partial charge is 0.341 e. The highest BCUT2D eigenvalue weighted by molar-refractivity contribution is 5.99. The van der Waals surface area contributed by atoms with Gasteiger partial charge in [-0.1, -0.05) is 5.16 Å². The zero-order valence-electron chi connectivity index (χ0n) is 11.4. The molecule has 1 aliphatic rings. The molecule has 0 fully saturated rings. The van der Waals surface area contributed by atoms with Crippen LogP contribution in [0, 0.1) is 6.92 Å². The molecule has 2 aromatic rings. The van der Waals surface area contributed by atoms with Crippen LogP contribution in [0.1, 0.15) is 16.1 Å². The Morgan fingerprint density at radius 2 is 2.19 bits per heavy atom. The third-order valence-electron chi connectivity index (χ3n) is 3.40. The topological polar surface area (TPSA) is 92.9 Å². The van der Waals surface area contributed by atoms with Crippen molar-refractivity contribution in [2.45, 2.75) is 6.92 Å². The Kier molecular flexibility index (Phi) is 2.90. The minimum absolute atomic E-state index is 0.00765. The molecule has 2 heterocycles. The van der Waals surface area contributed by atoms with Gasteiger partial charge in [0.2, 0.25) is 0 Å². The lowest BCUT2D eigenvalue weighted by molar-refractivity contribution is -0.120. The average Bonchev–Trinajstić information content (AvgIpc) is 2.85. The molecular formula is C14H12N2O5. The number of anilines is 1.